The number of phenols is 1. The van der Waals surface area contributed by atoms with E-state index in [0.717, 1.165) is 12.1 Å². The van der Waals surface area contributed by atoms with Crippen molar-refractivity contribution in [3.8, 4) is 5.75 Å². The summed E-state index contributed by atoms with van der Waals surface area (Å²) >= 11 is 5.42. The SMILES string of the molecule is CC.NC(=O)c1cc(O)c(Cl)c([N+](=O)[O-])c1. The van der Waals surface area contributed by atoms with Crippen LogP contribution in [-0.2, 0) is 0 Å². The van der Waals surface area contributed by atoms with Crippen LogP contribution in [-0.4, -0.2) is 15.9 Å². The second kappa shape index (κ2) is 5.92. The van der Waals surface area contributed by atoms with Crippen molar-refractivity contribution in [3.05, 3.63) is 32.8 Å². The lowest BCUT2D eigenvalue weighted by molar-refractivity contribution is -0.384. The number of carbonyl (C=O) groups is 1. The standard InChI is InChI=1S/C7H5ClN2O4.C2H6/c8-6-4(10(13)14)1-3(7(9)12)2-5(6)11;1-2/h1-2,11H,(H2,9,12);1-2H3. The maximum Gasteiger partial charge on any atom is 0.292 e. The van der Waals surface area contributed by atoms with Gasteiger partial charge in [0.1, 0.15) is 5.75 Å². The van der Waals surface area contributed by atoms with Gasteiger partial charge in [0.15, 0.2) is 5.02 Å². The molecule has 1 amide bonds. The molecule has 0 atom stereocenters. The van der Waals surface area contributed by atoms with E-state index in [1.54, 1.807) is 0 Å². The molecule has 16 heavy (non-hydrogen) atoms. The highest BCUT2D eigenvalue weighted by Gasteiger charge is 2.19. The molecular formula is C9H11ClN2O4. The minimum absolute atomic E-state index is 0.168. The first-order valence-corrected chi connectivity index (χ1v) is 4.78. The van der Waals surface area contributed by atoms with Crippen molar-refractivity contribution in [2.24, 2.45) is 5.73 Å². The molecule has 0 spiro atoms. The van der Waals surface area contributed by atoms with Crippen molar-refractivity contribution in [2.75, 3.05) is 0 Å². The van der Waals surface area contributed by atoms with Crippen molar-refractivity contribution >= 4 is 23.2 Å². The third kappa shape index (κ3) is 3.09. The van der Waals surface area contributed by atoms with Crippen molar-refractivity contribution in [1.82, 2.24) is 0 Å². The normalized spacial score (nSPS) is 8.94. The summed E-state index contributed by atoms with van der Waals surface area (Å²) < 4.78 is 0. The van der Waals surface area contributed by atoms with E-state index in [2.05, 4.69) is 0 Å². The number of carbonyl (C=O) groups excluding carboxylic acids is 1. The Kier molecular flexibility index (Phi) is 5.24. The predicted molar refractivity (Wildman–Crippen MR) is 59.6 cm³/mol. The largest absolute Gasteiger partial charge is 0.506 e. The van der Waals surface area contributed by atoms with Crippen LogP contribution in [0, 0.1) is 10.1 Å². The molecule has 88 valence electrons. The highest BCUT2D eigenvalue weighted by Crippen LogP contribution is 2.33. The van der Waals surface area contributed by atoms with Gasteiger partial charge in [-0.3, -0.25) is 14.9 Å². The summed E-state index contributed by atoms with van der Waals surface area (Å²) in [5.41, 5.74) is 4.16. The maximum absolute atomic E-state index is 10.7. The van der Waals surface area contributed by atoms with Crippen LogP contribution >= 0.6 is 11.6 Å². The lowest BCUT2D eigenvalue weighted by atomic mass is 10.2. The monoisotopic (exact) mass is 246 g/mol. The second-order valence-corrected chi connectivity index (χ2v) is 2.83. The van der Waals surface area contributed by atoms with Crippen molar-refractivity contribution in [2.45, 2.75) is 13.8 Å². The summed E-state index contributed by atoms with van der Waals surface area (Å²) in [5.74, 6) is -1.42. The summed E-state index contributed by atoms with van der Waals surface area (Å²) in [6, 6.07) is 1.88. The molecule has 0 unspecified atom stereocenters. The number of benzene rings is 1. The van der Waals surface area contributed by atoms with Crippen LogP contribution in [0.5, 0.6) is 5.75 Å². The summed E-state index contributed by atoms with van der Waals surface area (Å²) in [4.78, 5) is 20.3. The van der Waals surface area contributed by atoms with Crippen LogP contribution < -0.4 is 5.73 Å². The zero-order valence-corrected chi connectivity index (χ0v) is 9.49. The fourth-order valence-electron chi connectivity index (χ4n) is 0.869. The Morgan fingerprint density at radius 2 is 2.00 bits per heavy atom. The summed E-state index contributed by atoms with van der Waals surface area (Å²) in [5, 5.41) is 19.1. The molecule has 0 aliphatic rings. The number of nitrogens with two attached hydrogens (primary N) is 1. The molecule has 3 N–H and O–H groups in total. The topological polar surface area (TPSA) is 106 Å². The van der Waals surface area contributed by atoms with E-state index in [9.17, 15) is 14.9 Å². The van der Waals surface area contributed by atoms with Crippen molar-refractivity contribution in [1.29, 1.82) is 0 Å². The second-order valence-electron chi connectivity index (χ2n) is 2.45. The average Bonchev–Trinajstić information content (AvgIpc) is 2.24. The molecule has 0 saturated heterocycles. The van der Waals surface area contributed by atoms with Gasteiger partial charge in [-0.05, 0) is 6.07 Å². The number of primary amides is 1. The first-order chi connectivity index (χ1) is 7.43. The minimum Gasteiger partial charge on any atom is -0.506 e. The molecule has 1 aromatic rings. The van der Waals surface area contributed by atoms with Gasteiger partial charge < -0.3 is 10.8 Å². The number of rotatable bonds is 2. The van der Waals surface area contributed by atoms with Crippen LogP contribution in [0.15, 0.2) is 12.1 Å². The molecule has 0 aliphatic carbocycles. The van der Waals surface area contributed by atoms with Gasteiger partial charge in [-0.25, -0.2) is 0 Å². The molecule has 0 aliphatic heterocycles. The van der Waals surface area contributed by atoms with E-state index in [-0.39, 0.29) is 5.56 Å². The molecule has 0 bridgehead atoms. The van der Waals surface area contributed by atoms with E-state index in [1.165, 1.54) is 0 Å². The Bertz CT molecular complexity index is 420. The number of phenolic OH excluding ortho intramolecular Hbond substituents is 1. The Labute approximate surface area is 96.8 Å². The molecule has 1 rings (SSSR count). The number of nitrogens with zero attached hydrogens (tertiary/aromatic N) is 1. The molecule has 0 aromatic heterocycles. The van der Waals surface area contributed by atoms with Gasteiger partial charge in [0.05, 0.1) is 4.92 Å². The predicted octanol–water partition coefficient (Wildman–Crippen LogP) is 2.08. The molecule has 7 heteroatoms. The highest BCUT2D eigenvalue weighted by atomic mass is 35.5. The lowest BCUT2D eigenvalue weighted by Gasteiger charge is -2.00. The Balaban J connectivity index is 0.00000106. The maximum atomic E-state index is 10.7. The minimum atomic E-state index is -0.875. The average molecular weight is 247 g/mol. The molecular weight excluding hydrogens is 236 g/mol. The van der Waals surface area contributed by atoms with Gasteiger partial charge in [0.25, 0.3) is 5.69 Å². The quantitative estimate of drug-likeness (QED) is 0.615. The van der Waals surface area contributed by atoms with Crippen LogP contribution in [0.2, 0.25) is 5.02 Å². The van der Waals surface area contributed by atoms with E-state index in [0.29, 0.717) is 0 Å². The summed E-state index contributed by atoms with van der Waals surface area (Å²) in [7, 11) is 0. The molecule has 6 nitrogen and oxygen atoms in total. The van der Waals surface area contributed by atoms with Gasteiger partial charge >= 0.3 is 0 Å². The fraction of sp³-hybridized carbons (Fsp3) is 0.222. The van der Waals surface area contributed by atoms with E-state index in [4.69, 9.17) is 22.4 Å². The van der Waals surface area contributed by atoms with Gasteiger partial charge in [0.2, 0.25) is 5.91 Å². The van der Waals surface area contributed by atoms with Crippen LogP contribution in [0.25, 0.3) is 0 Å². The van der Waals surface area contributed by atoms with Crippen LogP contribution in [0.3, 0.4) is 0 Å². The number of amides is 1. The van der Waals surface area contributed by atoms with Crippen LogP contribution in [0.4, 0.5) is 5.69 Å². The molecule has 1 aromatic carbocycles. The smallest absolute Gasteiger partial charge is 0.292 e. The van der Waals surface area contributed by atoms with Gasteiger partial charge in [-0.2, -0.15) is 0 Å². The number of nitro benzene ring substituents is 1. The number of hydrogen-bond donors (Lipinski definition) is 2. The molecule has 0 radical (unpaired) electrons. The first kappa shape index (κ1) is 14.2. The fourth-order valence-corrected chi connectivity index (χ4v) is 1.05. The molecule has 0 heterocycles. The Morgan fingerprint density at radius 1 is 1.50 bits per heavy atom. The number of hydrogen-bond acceptors (Lipinski definition) is 4. The van der Waals surface area contributed by atoms with Gasteiger partial charge in [0, 0.05) is 11.6 Å². The van der Waals surface area contributed by atoms with Crippen molar-refractivity contribution in [3.63, 3.8) is 0 Å². The summed E-state index contributed by atoms with van der Waals surface area (Å²) in [6.45, 7) is 4.00. The zero-order valence-electron chi connectivity index (χ0n) is 8.73. The van der Waals surface area contributed by atoms with E-state index < -0.39 is 27.3 Å². The van der Waals surface area contributed by atoms with E-state index >= 15 is 0 Å². The van der Waals surface area contributed by atoms with Crippen molar-refractivity contribution < 1.29 is 14.8 Å². The van der Waals surface area contributed by atoms with E-state index in [1.807, 2.05) is 13.8 Å². The first-order valence-electron chi connectivity index (χ1n) is 4.40. The lowest BCUT2D eigenvalue weighted by Crippen LogP contribution is -2.11. The van der Waals surface area contributed by atoms with Crippen LogP contribution in [0.1, 0.15) is 24.2 Å². The Hall–Kier alpha value is -1.82. The van der Waals surface area contributed by atoms with Gasteiger partial charge in [-0.15, -0.1) is 0 Å². The summed E-state index contributed by atoms with van der Waals surface area (Å²) in [6.07, 6.45) is 0. The molecule has 0 fully saturated rings. The Morgan fingerprint density at radius 3 is 2.38 bits per heavy atom. The van der Waals surface area contributed by atoms with Gasteiger partial charge in [-0.1, -0.05) is 25.4 Å². The number of nitro groups is 1. The third-order valence-electron chi connectivity index (χ3n) is 1.52. The number of aromatic hydroxyl groups is 1. The molecule has 0 saturated carbocycles. The number of halogens is 1. The highest BCUT2D eigenvalue weighted by molar-refractivity contribution is 6.34. The zero-order chi connectivity index (χ0) is 12.9. The third-order valence-corrected chi connectivity index (χ3v) is 1.90.